The van der Waals surface area contributed by atoms with Crippen molar-refractivity contribution in [3.8, 4) is 0 Å². The molecular formula is C13H19BrN6O. The van der Waals surface area contributed by atoms with Gasteiger partial charge in [0.1, 0.15) is 10.8 Å². The van der Waals surface area contributed by atoms with E-state index < -0.39 is 0 Å². The van der Waals surface area contributed by atoms with Gasteiger partial charge in [-0.1, -0.05) is 13.8 Å². The van der Waals surface area contributed by atoms with E-state index in [-0.39, 0.29) is 5.56 Å². The summed E-state index contributed by atoms with van der Waals surface area (Å²) in [4.78, 5) is 12.2. The van der Waals surface area contributed by atoms with Crippen molar-refractivity contribution in [3.05, 3.63) is 33.2 Å². The van der Waals surface area contributed by atoms with Gasteiger partial charge in [-0.25, -0.2) is 4.68 Å². The van der Waals surface area contributed by atoms with Crippen LogP contribution in [0.5, 0.6) is 0 Å². The fraction of sp³-hybridized carbons (Fsp3) is 0.538. The van der Waals surface area contributed by atoms with E-state index in [0.29, 0.717) is 29.2 Å². The zero-order valence-electron chi connectivity index (χ0n) is 12.4. The summed E-state index contributed by atoms with van der Waals surface area (Å²) in [6.07, 6.45) is 3.34. The molecule has 2 rings (SSSR count). The lowest BCUT2D eigenvalue weighted by atomic mass is 10.2. The number of hydrogen-bond donors (Lipinski definition) is 1. The van der Waals surface area contributed by atoms with Crippen LogP contribution in [0.15, 0.2) is 21.8 Å². The zero-order chi connectivity index (χ0) is 15.4. The molecule has 0 amide bonds. The van der Waals surface area contributed by atoms with Gasteiger partial charge in [-0.2, -0.15) is 5.10 Å². The Hall–Kier alpha value is -1.70. The summed E-state index contributed by atoms with van der Waals surface area (Å²) in [5.41, 5.74) is 0.524. The number of anilines is 1. The number of aromatic nitrogens is 5. The lowest BCUT2D eigenvalue weighted by molar-refractivity contribution is 0.462. The van der Waals surface area contributed by atoms with Crippen LogP contribution in [-0.2, 0) is 19.6 Å². The zero-order valence-corrected chi connectivity index (χ0v) is 14.0. The molecule has 2 heterocycles. The van der Waals surface area contributed by atoms with Crippen molar-refractivity contribution in [2.45, 2.75) is 40.4 Å². The monoisotopic (exact) mass is 354 g/mol. The van der Waals surface area contributed by atoms with Crippen molar-refractivity contribution < 1.29 is 0 Å². The quantitative estimate of drug-likeness (QED) is 0.856. The molecule has 0 radical (unpaired) electrons. The highest BCUT2D eigenvalue weighted by Gasteiger charge is 2.10. The summed E-state index contributed by atoms with van der Waals surface area (Å²) >= 11 is 3.34. The second-order valence-electron chi connectivity index (χ2n) is 5.14. The number of halogens is 1. The fourth-order valence-electron chi connectivity index (χ4n) is 1.92. The van der Waals surface area contributed by atoms with Gasteiger partial charge in [-0.3, -0.25) is 4.79 Å². The lowest BCUT2D eigenvalue weighted by Crippen LogP contribution is -2.26. The van der Waals surface area contributed by atoms with Crippen LogP contribution >= 0.6 is 15.9 Å². The first-order valence-corrected chi connectivity index (χ1v) is 7.68. The largest absolute Gasteiger partial charge is 0.375 e. The second kappa shape index (κ2) is 6.84. The van der Waals surface area contributed by atoms with Crippen molar-refractivity contribution >= 4 is 21.6 Å². The molecule has 0 bridgehead atoms. The third kappa shape index (κ3) is 3.69. The Labute approximate surface area is 131 Å². The van der Waals surface area contributed by atoms with Crippen LogP contribution in [0.1, 0.15) is 26.6 Å². The number of nitrogens with one attached hydrogen (secondary N) is 1. The van der Waals surface area contributed by atoms with E-state index in [2.05, 4.69) is 36.5 Å². The average Bonchev–Trinajstić information content (AvgIpc) is 2.90. The molecule has 0 aromatic carbocycles. The highest BCUT2D eigenvalue weighted by molar-refractivity contribution is 9.10. The SMILES string of the molecule is CCn1cnnc1CNc1cnn(CC(C)C)c(=O)c1Br. The Morgan fingerprint density at radius 1 is 1.43 bits per heavy atom. The molecule has 0 aliphatic heterocycles. The molecule has 0 aliphatic rings. The van der Waals surface area contributed by atoms with E-state index in [0.717, 1.165) is 12.4 Å². The van der Waals surface area contributed by atoms with Crippen LogP contribution < -0.4 is 10.9 Å². The molecule has 21 heavy (non-hydrogen) atoms. The van der Waals surface area contributed by atoms with Gasteiger partial charge in [-0.15, -0.1) is 10.2 Å². The van der Waals surface area contributed by atoms with Gasteiger partial charge in [0.05, 0.1) is 18.4 Å². The summed E-state index contributed by atoms with van der Waals surface area (Å²) in [6.45, 7) is 8.01. The van der Waals surface area contributed by atoms with E-state index in [1.807, 2.05) is 25.3 Å². The Morgan fingerprint density at radius 3 is 2.86 bits per heavy atom. The molecule has 0 spiro atoms. The molecule has 8 heteroatoms. The number of nitrogens with zero attached hydrogens (tertiary/aromatic N) is 5. The van der Waals surface area contributed by atoms with Crippen LogP contribution in [0.25, 0.3) is 0 Å². The molecule has 2 aromatic rings. The average molecular weight is 355 g/mol. The minimum absolute atomic E-state index is 0.134. The van der Waals surface area contributed by atoms with Crippen molar-refractivity contribution in [2.24, 2.45) is 5.92 Å². The highest BCUT2D eigenvalue weighted by atomic mass is 79.9. The predicted octanol–water partition coefficient (Wildman–Crippen LogP) is 1.89. The second-order valence-corrected chi connectivity index (χ2v) is 5.93. The maximum absolute atomic E-state index is 12.2. The first-order valence-electron chi connectivity index (χ1n) is 6.89. The van der Waals surface area contributed by atoms with Crippen LogP contribution in [-0.4, -0.2) is 24.5 Å². The Kier molecular flexibility index (Phi) is 5.11. The maximum atomic E-state index is 12.2. The fourth-order valence-corrected chi connectivity index (χ4v) is 2.37. The van der Waals surface area contributed by atoms with Crippen LogP contribution in [0.3, 0.4) is 0 Å². The number of hydrogen-bond acceptors (Lipinski definition) is 5. The van der Waals surface area contributed by atoms with Gasteiger partial charge < -0.3 is 9.88 Å². The molecule has 2 aromatic heterocycles. The first-order chi connectivity index (χ1) is 10.0. The minimum Gasteiger partial charge on any atom is -0.375 e. The smallest absolute Gasteiger partial charge is 0.283 e. The van der Waals surface area contributed by atoms with Gasteiger partial charge in [0, 0.05) is 13.1 Å². The van der Waals surface area contributed by atoms with Crippen molar-refractivity contribution in [1.29, 1.82) is 0 Å². The first kappa shape index (κ1) is 15.7. The molecule has 0 saturated heterocycles. The minimum atomic E-state index is -0.134. The summed E-state index contributed by atoms with van der Waals surface area (Å²) in [7, 11) is 0. The normalized spacial score (nSPS) is 11.1. The van der Waals surface area contributed by atoms with Crippen LogP contribution in [0, 0.1) is 5.92 Å². The summed E-state index contributed by atoms with van der Waals surface area (Å²) in [6, 6.07) is 0. The molecule has 7 nitrogen and oxygen atoms in total. The molecule has 0 fully saturated rings. The summed E-state index contributed by atoms with van der Waals surface area (Å²) in [5, 5.41) is 15.3. The van der Waals surface area contributed by atoms with E-state index in [1.165, 1.54) is 4.68 Å². The molecule has 0 aliphatic carbocycles. The van der Waals surface area contributed by atoms with Gasteiger partial charge in [0.2, 0.25) is 0 Å². The van der Waals surface area contributed by atoms with Gasteiger partial charge in [0.25, 0.3) is 5.56 Å². The van der Waals surface area contributed by atoms with E-state index in [4.69, 9.17) is 0 Å². The standard InChI is InChI=1S/C13H19BrN6O/c1-4-19-8-16-18-11(19)6-15-10-5-17-20(7-9(2)3)13(21)12(10)14/h5,8-9,15H,4,6-7H2,1-3H3. The van der Waals surface area contributed by atoms with Crippen molar-refractivity contribution in [1.82, 2.24) is 24.5 Å². The Balaban J connectivity index is 2.14. The maximum Gasteiger partial charge on any atom is 0.283 e. The summed E-state index contributed by atoms with van der Waals surface area (Å²) < 4.78 is 3.89. The van der Waals surface area contributed by atoms with Crippen LogP contribution in [0.2, 0.25) is 0 Å². The van der Waals surface area contributed by atoms with E-state index >= 15 is 0 Å². The lowest BCUT2D eigenvalue weighted by Gasteiger charge is -2.11. The van der Waals surface area contributed by atoms with Crippen molar-refractivity contribution in [2.75, 3.05) is 5.32 Å². The number of rotatable bonds is 6. The topological polar surface area (TPSA) is 77.6 Å². The van der Waals surface area contributed by atoms with E-state index in [1.54, 1.807) is 12.5 Å². The third-order valence-electron chi connectivity index (χ3n) is 3.00. The molecular weight excluding hydrogens is 336 g/mol. The Morgan fingerprint density at radius 2 is 2.19 bits per heavy atom. The van der Waals surface area contributed by atoms with Crippen molar-refractivity contribution in [3.63, 3.8) is 0 Å². The molecule has 0 atom stereocenters. The summed E-state index contributed by atoms with van der Waals surface area (Å²) in [5.74, 6) is 1.18. The molecule has 114 valence electrons. The molecule has 0 saturated carbocycles. The van der Waals surface area contributed by atoms with Gasteiger partial charge in [-0.05, 0) is 28.8 Å². The number of aryl methyl sites for hydroxylation is 1. The van der Waals surface area contributed by atoms with Crippen LogP contribution in [0.4, 0.5) is 5.69 Å². The predicted molar refractivity (Wildman–Crippen MR) is 84.1 cm³/mol. The van der Waals surface area contributed by atoms with E-state index in [9.17, 15) is 4.79 Å². The van der Waals surface area contributed by atoms with Gasteiger partial charge in [0.15, 0.2) is 5.82 Å². The Bertz CT molecular complexity index is 663. The van der Waals surface area contributed by atoms with Gasteiger partial charge >= 0.3 is 0 Å². The molecule has 1 N–H and O–H groups in total. The molecule has 0 unspecified atom stereocenters. The highest BCUT2D eigenvalue weighted by Crippen LogP contribution is 2.17. The third-order valence-corrected chi connectivity index (χ3v) is 3.76.